The lowest BCUT2D eigenvalue weighted by molar-refractivity contribution is 1.14. The fourth-order valence-electron chi connectivity index (χ4n) is 0.509. The van der Waals surface area contributed by atoms with E-state index in [1.165, 1.54) is 6.20 Å². The molecule has 4 heteroatoms. The van der Waals surface area contributed by atoms with E-state index in [2.05, 4.69) is 9.97 Å². The molecule has 0 aliphatic rings. The molecule has 1 heterocycles. The first kappa shape index (κ1) is 5.81. The van der Waals surface area contributed by atoms with Gasteiger partial charge < -0.3 is 11.5 Å². The van der Waals surface area contributed by atoms with Gasteiger partial charge in [-0.15, -0.1) is 0 Å². The van der Waals surface area contributed by atoms with E-state index in [1.807, 2.05) is 0 Å². The van der Waals surface area contributed by atoms with E-state index in [0.717, 1.165) is 0 Å². The Morgan fingerprint density at radius 1 is 1.44 bits per heavy atom. The monoisotopic (exact) mass is 124 g/mol. The molecule has 0 bridgehead atoms. The third-order valence-electron chi connectivity index (χ3n) is 1.00. The van der Waals surface area contributed by atoms with Crippen molar-refractivity contribution in [2.75, 3.05) is 11.5 Å². The Hall–Kier alpha value is -1.32. The third-order valence-corrected chi connectivity index (χ3v) is 1.00. The molecule has 0 aliphatic heterocycles. The van der Waals surface area contributed by atoms with Crippen LogP contribution < -0.4 is 11.5 Å². The maximum Gasteiger partial charge on any atom is 0.145 e. The molecular formula is C5H8N4. The minimum Gasteiger partial charge on any atom is -0.382 e. The molecular weight excluding hydrogens is 116 g/mol. The van der Waals surface area contributed by atoms with Crippen molar-refractivity contribution in [1.82, 2.24) is 9.97 Å². The van der Waals surface area contributed by atoms with Crippen molar-refractivity contribution in [3.05, 3.63) is 11.9 Å². The Balaban J connectivity index is 3.17. The summed E-state index contributed by atoms with van der Waals surface area (Å²) in [6.45, 7) is 1.76. The predicted molar refractivity (Wildman–Crippen MR) is 35.6 cm³/mol. The first-order chi connectivity index (χ1) is 4.20. The standard InChI is InChI=1S/C5H8N4/c1-3-5(7)8-2-4(6)9-3/h2H,1H3,(H2,6,9)(H2,7,8). The molecule has 9 heavy (non-hydrogen) atoms. The Labute approximate surface area is 52.9 Å². The summed E-state index contributed by atoms with van der Waals surface area (Å²) in [5.41, 5.74) is 11.3. The van der Waals surface area contributed by atoms with Crippen molar-refractivity contribution in [2.24, 2.45) is 0 Å². The van der Waals surface area contributed by atoms with Crippen molar-refractivity contribution in [2.45, 2.75) is 6.92 Å². The molecule has 0 saturated heterocycles. The number of hydrogen-bond donors (Lipinski definition) is 2. The molecule has 0 unspecified atom stereocenters. The molecule has 0 saturated carbocycles. The summed E-state index contributed by atoms with van der Waals surface area (Å²) in [6, 6.07) is 0. The van der Waals surface area contributed by atoms with E-state index >= 15 is 0 Å². The van der Waals surface area contributed by atoms with E-state index in [-0.39, 0.29) is 0 Å². The molecule has 1 aromatic heterocycles. The van der Waals surface area contributed by atoms with Crippen molar-refractivity contribution in [3.63, 3.8) is 0 Å². The fraction of sp³-hybridized carbons (Fsp3) is 0.200. The normalized spacial score (nSPS) is 9.44. The van der Waals surface area contributed by atoms with Crippen LogP contribution in [-0.4, -0.2) is 9.97 Å². The van der Waals surface area contributed by atoms with Crippen LogP contribution in [0.25, 0.3) is 0 Å². The van der Waals surface area contributed by atoms with E-state index < -0.39 is 0 Å². The topological polar surface area (TPSA) is 77.8 Å². The molecule has 0 atom stereocenters. The number of aromatic nitrogens is 2. The van der Waals surface area contributed by atoms with E-state index in [0.29, 0.717) is 17.3 Å². The molecule has 1 rings (SSSR count). The summed E-state index contributed by atoms with van der Waals surface area (Å²) >= 11 is 0. The zero-order chi connectivity index (χ0) is 6.85. The molecule has 0 aliphatic carbocycles. The Morgan fingerprint density at radius 2 is 2.11 bits per heavy atom. The Morgan fingerprint density at radius 3 is 2.56 bits per heavy atom. The molecule has 0 fully saturated rings. The van der Waals surface area contributed by atoms with E-state index in [4.69, 9.17) is 11.5 Å². The largest absolute Gasteiger partial charge is 0.382 e. The summed E-state index contributed by atoms with van der Waals surface area (Å²) < 4.78 is 0. The second-order valence-electron chi connectivity index (χ2n) is 1.77. The summed E-state index contributed by atoms with van der Waals surface area (Å²) in [4.78, 5) is 7.63. The fourth-order valence-corrected chi connectivity index (χ4v) is 0.509. The van der Waals surface area contributed by atoms with Crippen LogP contribution >= 0.6 is 0 Å². The van der Waals surface area contributed by atoms with Crippen LogP contribution in [0.2, 0.25) is 0 Å². The second kappa shape index (κ2) is 1.89. The van der Waals surface area contributed by atoms with E-state index in [9.17, 15) is 0 Å². The number of nitrogen functional groups attached to an aromatic ring is 2. The number of nitrogens with two attached hydrogens (primary N) is 2. The van der Waals surface area contributed by atoms with Crippen LogP contribution in [0.3, 0.4) is 0 Å². The highest BCUT2D eigenvalue weighted by atomic mass is 14.9. The van der Waals surface area contributed by atoms with Gasteiger partial charge >= 0.3 is 0 Å². The van der Waals surface area contributed by atoms with Crippen LogP contribution in [0.4, 0.5) is 11.6 Å². The van der Waals surface area contributed by atoms with Crippen molar-refractivity contribution in [3.8, 4) is 0 Å². The van der Waals surface area contributed by atoms with Crippen LogP contribution in [0.5, 0.6) is 0 Å². The van der Waals surface area contributed by atoms with Gasteiger partial charge in [0.05, 0.1) is 11.9 Å². The number of hydrogen-bond acceptors (Lipinski definition) is 4. The van der Waals surface area contributed by atoms with E-state index in [1.54, 1.807) is 6.92 Å². The van der Waals surface area contributed by atoms with Crippen LogP contribution in [0.15, 0.2) is 6.20 Å². The zero-order valence-electron chi connectivity index (χ0n) is 5.13. The second-order valence-corrected chi connectivity index (χ2v) is 1.77. The van der Waals surface area contributed by atoms with Gasteiger partial charge in [0.25, 0.3) is 0 Å². The van der Waals surface area contributed by atoms with Gasteiger partial charge in [0.2, 0.25) is 0 Å². The average molecular weight is 124 g/mol. The summed E-state index contributed by atoms with van der Waals surface area (Å²) in [5.74, 6) is 0.839. The molecule has 48 valence electrons. The molecule has 0 amide bonds. The van der Waals surface area contributed by atoms with Gasteiger partial charge in [0.15, 0.2) is 0 Å². The number of anilines is 2. The zero-order valence-corrected chi connectivity index (χ0v) is 5.13. The summed E-state index contributed by atoms with van der Waals surface area (Å²) in [5, 5.41) is 0. The highest BCUT2D eigenvalue weighted by molar-refractivity contribution is 5.38. The molecule has 4 N–H and O–H groups in total. The average Bonchev–Trinajstić information content (AvgIpc) is 1.80. The minimum absolute atomic E-state index is 0.404. The van der Waals surface area contributed by atoms with Gasteiger partial charge in [-0.1, -0.05) is 0 Å². The molecule has 4 nitrogen and oxygen atoms in total. The Kier molecular flexibility index (Phi) is 1.22. The van der Waals surface area contributed by atoms with Gasteiger partial charge in [-0.05, 0) is 6.92 Å². The van der Waals surface area contributed by atoms with Crippen molar-refractivity contribution >= 4 is 11.6 Å². The lowest BCUT2D eigenvalue weighted by atomic mass is 10.4. The summed E-state index contributed by atoms with van der Waals surface area (Å²) in [7, 11) is 0. The number of nitrogens with zero attached hydrogens (tertiary/aromatic N) is 2. The quantitative estimate of drug-likeness (QED) is 0.508. The van der Waals surface area contributed by atoms with Gasteiger partial charge in [0, 0.05) is 0 Å². The maximum atomic E-state index is 5.36. The third kappa shape index (κ3) is 1.07. The first-order valence-electron chi connectivity index (χ1n) is 2.55. The van der Waals surface area contributed by atoms with Gasteiger partial charge in [0.1, 0.15) is 11.6 Å². The first-order valence-corrected chi connectivity index (χ1v) is 2.55. The summed E-state index contributed by atoms with van der Waals surface area (Å²) in [6.07, 6.45) is 1.43. The van der Waals surface area contributed by atoms with Crippen molar-refractivity contribution < 1.29 is 0 Å². The number of aryl methyl sites for hydroxylation is 1. The lowest BCUT2D eigenvalue weighted by Crippen LogP contribution is -1.99. The highest BCUT2D eigenvalue weighted by Gasteiger charge is 1.93. The lowest BCUT2D eigenvalue weighted by Gasteiger charge is -1.96. The maximum absolute atomic E-state index is 5.36. The minimum atomic E-state index is 0.404. The van der Waals surface area contributed by atoms with Crippen LogP contribution in [0, 0.1) is 6.92 Å². The van der Waals surface area contributed by atoms with Gasteiger partial charge in [-0.25, -0.2) is 9.97 Å². The van der Waals surface area contributed by atoms with Gasteiger partial charge in [-0.3, -0.25) is 0 Å². The Bertz CT molecular complexity index is 220. The molecule has 0 radical (unpaired) electrons. The predicted octanol–water partition coefficient (Wildman–Crippen LogP) is -0.0506. The van der Waals surface area contributed by atoms with Gasteiger partial charge in [-0.2, -0.15) is 0 Å². The van der Waals surface area contributed by atoms with Crippen LogP contribution in [-0.2, 0) is 0 Å². The number of rotatable bonds is 0. The smallest absolute Gasteiger partial charge is 0.145 e. The highest BCUT2D eigenvalue weighted by Crippen LogP contribution is 2.03. The van der Waals surface area contributed by atoms with Crippen molar-refractivity contribution in [1.29, 1.82) is 0 Å². The molecule has 1 aromatic rings. The SMILES string of the molecule is Cc1nc(N)cnc1N. The molecule has 0 aromatic carbocycles. The van der Waals surface area contributed by atoms with Crippen LogP contribution in [0.1, 0.15) is 5.69 Å². The molecule has 0 spiro atoms.